The molecule has 0 saturated carbocycles. The van der Waals surface area contributed by atoms with E-state index in [9.17, 15) is 9.59 Å². The number of benzene rings is 1. The smallest absolute Gasteiger partial charge is 0.338 e. The van der Waals surface area contributed by atoms with Crippen LogP contribution in [-0.4, -0.2) is 23.8 Å². The molecule has 3 heterocycles. The van der Waals surface area contributed by atoms with Crippen molar-refractivity contribution in [1.82, 2.24) is 4.57 Å². The summed E-state index contributed by atoms with van der Waals surface area (Å²) >= 11 is 1.26. The van der Waals surface area contributed by atoms with Crippen LogP contribution in [-0.2, 0) is 9.53 Å². The van der Waals surface area contributed by atoms with Crippen LogP contribution in [0, 0.1) is 6.92 Å². The number of allylic oxidation sites excluding steroid dienone is 1. The van der Waals surface area contributed by atoms with E-state index in [1.165, 1.54) is 11.3 Å². The third kappa shape index (κ3) is 4.05. The van der Waals surface area contributed by atoms with Gasteiger partial charge in [0.2, 0.25) is 0 Å². The van der Waals surface area contributed by atoms with Crippen LogP contribution in [0.3, 0.4) is 0 Å². The zero-order valence-electron chi connectivity index (χ0n) is 18.5. The number of carbonyl (C=O) groups is 1. The van der Waals surface area contributed by atoms with Crippen LogP contribution in [0.4, 0.5) is 0 Å². The predicted octanol–water partition coefficient (Wildman–Crippen LogP) is 3.10. The Balaban J connectivity index is 1.96. The van der Waals surface area contributed by atoms with E-state index >= 15 is 0 Å². The van der Waals surface area contributed by atoms with Gasteiger partial charge in [-0.15, -0.1) is 0 Å². The maximum atomic E-state index is 13.5. The molecule has 1 aromatic carbocycles. The van der Waals surface area contributed by atoms with Gasteiger partial charge in [0.25, 0.3) is 5.56 Å². The number of ether oxygens (including phenoxy) is 2. The number of rotatable bonds is 5. The lowest BCUT2D eigenvalue weighted by Gasteiger charge is -2.25. The SMILES string of the molecule is COc1cccc([C@@H]2C(C(=O)OC(C)C)=C(C)N=c3sc(=Cc4ccc(C)o4)c(=O)n32)c1. The Labute approximate surface area is 188 Å². The van der Waals surface area contributed by atoms with Gasteiger partial charge >= 0.3 is 5.97 Å². The number of nitrogens with zero attached hydrogens (tertiary/aromatic N) is 2. The first-order chi connectivity index (χ1) is 15.3. The van der Waals surface area contributed by atoms with Gasteiger partial charge in [0.05, 0.1) is 35.1 Å². The van der Waals surface area contributed by atoms with Crippen molar-refractivity contribution in [3.8, 4) is 5.75 Å². The molecule has 0 saturated heterocycles. The third-order valence-electron chi connectivity index (χ3n) is 5.03. The van der Waals surface area contributed by atoms with Crippen LogP contribution in [0.1, 0.15) is 43.9 Å². The van der Waals surface area contributed by atoms with Crippen molar-refractivity contribution in [2.75, 3.05) is 7.11 Å². The molecule has 166 valence electrons. The summed E-state index contributed by atoms with van der Waals surface area (Å²) in [6.45, 7) is 7.18. The Hall–Kier alpha value is -3.39. The van der Waals surface area contributed by atoms with E-state index in [-0.39, 0.29) is 11.7 Å². The summed E-state index contributed by atoms with van der Waals surface area (Å²) in [6.07, 6.45) is 1.39. The van der Waals surface area contributed by atoms with Crippen LogP contribution in [0.15, 0.2) is 61.9 Å². The topological polar surface area (TPSA) is 83.0 Å². The van der Waals surface area contributed by atoms with Crippen molar-refractivity contribution < 1.29 is 18.7 Å². The Kier molecular flexibility index (Phi) is 5.88. The highest BCUT2D eigenvalue weighted by atomic mass is 32.1. The summed E-state index contributed by atoms with van der Waals surface area (Å²) in [6, 6.07) is 10.3. The fraction of sp³-hybridized carbons (Fsp3) is 0.292. The minimum atomic E-state index is -0.687. The lowest BCUT2D eigenvalue weighted by atomic mass is 9.95. The maximum absolute atomic E-state index is 13.5. The van der Waals surface area contributed by atoms with Gasteiger partial charge in [0.15, 0.2) is 4.80 Å². The fourth-order valence-electron chi connectivity index (χ4n) is 3.65. The van der Waals surface area contributed by atoms with Crippen LogP contribution in [0.25, 0.3) is 6.08 Å². The number of aromatic nitrogens is 1. The second kappa shape index (κ2) is 8.63. The van der Waals surface area contributed by atoms with Crippen LogP contribution in [0.5, 0.6) is 5.75 Å². The molecule has 4 rings (SSSR count). The molecule has 7 nitrogen and oxygen atoms in total. The first-order valence-electron chi connectivity index (χ1n) is 10.2. The number of aryl methyl sites for hydroxylation is 1. The molecule has 0 aliphatic carbocycles. The number of carbonyl (C=O) groups excluding carboxylic acids is 1. The molecule has 0 amide bonds. The van der Waals surface area contributed by atoms with Crippen molar-refractivity contribution in [3.63, 3.8) is 0 Å². The minimum absolute atomic E-state index is 0.252. The highest BCUT2D eigenvalue weighted by Crippen LogP contribution is 2.32. The molecule has 32 heavy (non-hydrogen) atoms. The van der Waals surface area contributed by atoms with Gasteiger partial charge in [-0.3, -0.25) is 9.36 Å². The third-order valence-corrected chi connectivity index (χ3v) is 6.01. The number of methoxy groups -OCH3 is 1. The summed E-state index contributed by atoms with van der Waals surface area (Å²) in [5.74, 6) is 1.47. The molecule has 2 aromatic heterocycles. The molecule has 3 aromatic rings. The summed E-state index contributed by atoms with van der Waals surface area (Å²) in [5.41, 5.74) is 1.33. The Morgan fingerprint density at radius 3 is 2.69 bits per heavy atom. The lowest BCUT2D eigenvalue weighted by molar-refractivity contribution is -0.143. The largest absolute Gasteiger partial charge is 0.497 e. The van der Waals surface area contributed by atoms with E-state index in [1.807, 2.05) is 43.3 Å². The molecule has 0 fully saturated rings. The number of esters is 1. The van der Waals surface area contributed by atoms with E-state index in [0.717, 1.165) is 11.3 Å². The van der Waals surface area contributed by atoms with Gasteiger partial charge in [-0.05, 0) is 57.5 Å². The first-order valence-corrected chi connectivity index (χ1v) is 11.0. The van der Waals surface area contributed by atoms with Gasteiger partial charge in [-0.25, -0.2) is 9.79 Å². The van der Waals surface area contributed by atoms with Crippen LogP contribution >= 0.6 is 11.3 Å². The average molecular weight is 453 g/mol. The summed E-state index contributed by atoms with van der Waals surface area (Å²) < 4.78 is 18.5. The Morgan fingerprint density at radius 1 is 1.25 bits per heavy atom. The van der Waals surface area contributed by atoms with Gasteiger partial charge in [-0.2, -0.15) is 0 Å². The molecular formula is C24H24N2O5S. The molecule has 0 radical (unpaired) electrons. The van der Waals surface area contributed by atoms with Crippen molar-refractivity contribution in [2.24, 2.45) is 4.99 Å². The zero-order valence-corrected chi connectivity index (χ0v) is 19.4. The normalized spacial score (nSPS) is 16.2. The quantitative estimate of drug-likeness (QED) is 0.556. The minimum Gasteiger partial charge on any atom is -0.497 e. The fourth-order valence-corrected chi connectivity index (χ4v) is 4.67. The van der Waals surface area contributed by atoms with Gasteiger partial charge in [0.1, 0.15) is 17.3 Å². The standard InChI is InChI=1S/C24H24N2O5S/c1-13(2)30-23(28)20-15(4)25-24-26(21(20)16-7-6-8-17(11-16)29-5)22(27)19(32-24)12-18-10-9-14(3)31-18/h6-13,21H,1-5H3/t21-/m1/s1. The van der Waals surface area contributed by atoms with Crippen molar-refractivity contribution in [2.45, 2.75) is 39.8 Å². The number of hydrogen-bond donors (Lipinski definition) is 0. The molecule has 1 aliphatic heterocycles. The van der Waals surface area contributed by atoms with E-state index in [2.05, 4.69) is 4.99 Å². The molecule has 1 atom stereocenters. The molecule has 0 spiro atoms. The van der Waals surface area contributed by atoms with E-state index in [4.69, 9.17) is 13.9 Å². The molecule has 0 bridgehead atoms. The molecule has 0 unspecified atom stereocenters. The van der Waals surface area contributed by atoms with Crippen LogP contribution in [0.2, 0.25) is 0 Å². The summed E-state index contributed by atoms with van der Waals surface area (Å²) in [7, 11) is 1.57. The van der Waals surface area contributed by atoms with E-state index in [0.29, 0.717) is 32.1 Å². The molecule has 0 N–H and O–H groups in total. The summed E-state index contributed by atoms with van der Waals surface area (Å²) in [5, 5.41) is 0. The second-order valence-corrected chi connectivity index (χ2v) is 8.77. The zero-order chi connectivity index (χ0) is 23.0. The van der Waals surface area contributed by atoms with Gasteiger partial charge in [-0.1, -0.05) is 23.5 Å². The lowest BCUT2D eigenvalue weighted by Crippen LogP contribution is -2.40. The highest BCUT2D eigenvalue weighted by Gasteiger charge is 2.34. The summed E-state index contributed by atoms with van der Waals surface area (Å²) in [4.78, 5) is 31.7. The number of fused-ring (bicyclic) bond motifs is 1. The Morgan fingerprint density at radius 2 is 2.03 bits per heavy atom. The molecular weight excluding hydrogens is 428 g/mol. The van der Waals surface area contributed by atoms with Crippen LogP contribution < -0.4 is 19.6 Å². The monoisotopic (exact) mass is 452 g/mol. The van der Waals surface area contributed by atoms with Gasteiger partial charge < -0.3 is 13.9 Å². The van der Waals surface area contributed by atoms with E-state index in [1.54, 1.807) is 38.5 Å². The maximum Gasteiger partial charge on any atom is 0.338 e. The Bertz CT molecular complexity index is 1390. The number of thiazole rings is 1. The second-order valence-electron chi connectivity index (χ2n) is 7.76. The average Bonchev–Trinajstić information content (AvgIpc) is 3.29. The highest BCUT2D eigenvalue weighted by molar-refractivity contribution is 7.07. The number of hydrogen-bond acceptors (Lipinski definition) is 7. The van der Waals surface area contributed by atoms with Gasteiger partial charge in [0, 0.05) is 6.08 Å². The molecule has 1 aliphatic rings. The first kappa shape index (κ1) is 21.8. The predicted molar refractivity (Wildman–Crippen MR) is 121 cm³/mol. The van der Waals surface area contributed by atoms with Crippen molar-refractivity contribution >= 4 is 23.4 Å². The van der Waals surface area contributed by atoms with Crippen molar-refractivity contribution in [3.05, 3.63) is 84.4 Å². The molecule has 8 heteroatoms. The van der Waals surface area contributed by atoms with E-state index < -0.39 is 12.0 Å². The van der Waals surface area contributed by atoms with Crippen molar-refractivity contribution in [1.29, 1.82) is 0 Å². The number of furan rings is 1.